The summed E-state index contributed by atoms with van der Waals surface area (Å²) in [5, 5.41) is 23.7. The molecular weight excluding hydrogens is 424 g/mol. The van der Waals surface area contributed by atoms with Gasteiger partial charge in [0.15, 0.2) is 6.04 Å². The molecule has 4 N–H and O–H groups in total. The highest BCUT2D eigenvalue weighted by Crippen LogP contribution is 2.44. The molecule has 2 aromatic carbocycles. The molecule has 0 bridgehead atoms. The summed E-state index contributed by atoms with van der Waals surface area (Å²) >= 11 is 0. The number of nitrogens with one attached hydrogen (secondary N) is 2. The number of aliphatic hydroxyl groups is 1. The predicted molar refractivity (Wildman–Crippen MR) is 123 cm³/mol. The molecule has 0 aliphatic heterocycles. The number of carbonyl (C=O) groups excluding carboxylic acids is 2. The van der Waals surface area contributed by atoms with Crippen molar-refractivity contribution in [1.82, 2.24) is 10.6 Å². The lowest BCUT2D eigenvalue weighted by Gasteiger charge is -2.27. The summed E-state index contributed by atoms with van der Waals surface area (Å²) in [4.78, 5) is 35.9. The summed E-state index contributed by atoms with van der Waals surface area (Å²) in [5.74, 6) is -1.88. The fourth-order valence-corrected chi connectivity index (χ4v) is 3.97. The van der Waals surface area contributed by atoms with Crippen molar-refractivity contribution in [2.24, 2.45) is 5.41 Å². The Hall–Kier alpha value is -3.39. The van der Waals surface area contributed by atoms with E-state index in [4.69, 9.17) is 9.84 Å². The van der Waals surface area contributed by atoms with Crippen LogP contribution in [0.4, 0.5) is 4.79 Å². The highest BCUT2D eigenvalue weighted by Gasteiger charge is 2.33. The molecule has 1 aliphatic carbocycles. The maximum atomic E-state index is 12.5. The summed E-state index contributed by atoms with van der Waals surface area (Å²) in [6.45, 7) is 4.94. The molecule has 2 atom stereocenters. The minimum Gasteiger partial charge on any atom is -0.480 e. The van der Waals surface area contributed by atoms with E-state index < -0.39 is 35.5 Å². The molecule has 2 amide bonds. The van der Waals surface area contributed by atoms with Gasteiger partial charge in [-0.25, -0.2) is 9.59 Å². The van der Waals surface area contributed by atoms with Crippen molar-refractivity contribution in [2.75, 3.05) is 13.2 Å². The van der Waals surface area contributed by atoms with Crippen molar-refractivity contribution in [3.8, 4) is 11.1 Å². The molecule has 33 heavy (non-hydrogen) atoms. The van der Waals surface area contributed by atoms with Crippen molar-refractivity contribution < 1.29 is 29.3 Å². The van der Waals surface area contributed by atoms with E-state index in [-0.39, 0.29) is 25.5 Å². The van der Waals surface area contributed by atoms with Crippen LogP contribution in [0, 0.1) is 5.41 Å². The number of rotatable bonds is 9. The van der Waals surface area contributed by atoms with Gasteiger partial charge in [0.25, 0.3) is 0 Å². The van der Waals surface area contributed by atoms with Crippen LogP contribution in [-0.4, -0.2) is 53.5 Å². The number of fused-ring (bicyclic) bond motifs is 3. The molecule has 0 saturated heterocycles. The zero-order chi connectivity index (χ0) is 24.2. The summed E-state index contributed by atoms with van der Waals surface area (Å²) in [7, 11) is 0. The highest BCUT2D eigenvalue weighted by molar-refractivity contribution is 5.87. The Morgan fingerprint density at radius 2 is 1.58 bits per heavy atom. The van der Waals surface area contributed by atoms with Gasteiger partial charge >= 0.3 is 12.1 Å². The van der Waals surface area contributed by atoms with Gasteiger partial charge < -0.3 is 25.6 Å². The number of carbonyl (C=O) groups is 3. The molecule has 2 aromatic rings. The predicted octanol–water partition coefficient (Wildman–Crippen LogP) is 2.89. The minimum absolute atomic E-state index is 0.0428. The number of hydrogen-bond donors (Lipinski definition) is 4. The first-order valence-corrected chi connectivity index (χ1v) is 10.9. The second-order valence-corrected chi connectivity index (χ2v) is 8.92. The molecule has 0 fully saturated rings. The van der Waals surface area contributed by atoms with Gasteiger partial charge in [-0.2, -0.15) is 0 Å². The molecule has 0 aromatic heterocycles. The van der Waals surface area contributed by atoms with Crippen molar-refractivity contribution >= 4 is 18.0 Å². The van der Waals surface area contributed by atoms with Crippen LogP contribution in [0.2, 0.25) is 0 Å². The molecule has 0 spiro atoms. The summed E-state index contributed by atoms with van der Waals surface area (Å²) in [5.41, 5.74) is 3.57. The van der Waals surface area contributed by atoms with Gasteiger partial charge in [0.05, 0.1) is 6.10 Å². The topological polar surface area (TPSA) is 125 Å². The average Bonchev–Trinajstić information content (AvgIpc) is 3.09. The first kappa shape index (κ1) is 24.3. The molecule has 0 heterocycles. The molecule has 176 valence electrons. The second kappa shape index (κ2) is 10.0. The van der Waals surface area contributed by atoms with Crippen LogP contribution >= 0.6 is 0 Å². The zero-order valence-corrected chi connectivity index (χ0v) is 19.0. The third-order valence-electron chi connectivity index (χ3n) is 6.01. The van der Waals surface area contributed by atoms with E-state index in [1.165, 1.54) is 6.92 Å². The van der Waals surface area contributed by atoms with Crippen LogP contribution in [0.5, 0.6) is 0 Å². The van der Waals surface area contributed by atoms with Crippen molar-refractivity contribution in [1.29, 1.82) is 0 Å². The van der Waals surface area contributed by atoms with Gasteiger partial charge in [-0.05, 0) is 35.6 Å². The Morgan fingerprint density at radius 3 is 2.09 bits per heavy atom. The second-order valence-electron chi connectivity index (χ2n) is 8.92. The summed E-state index contributed by atoms with van der Waals surface area (Å²) in [6, 6.07) is 14.7. The smallest absolute Gasteiger partial charge is 0.407 e. The lowest BCUT2D eigenvalue weighted by atomic mass is 9.87. The highest BCUT2D eigenvalue weighted by atomic mass is 16.5. The molecule has 1 aliphatic rings. The van der Waals surface area contributed by atoms with Crippen LogP contribution < -0.4 is 10.6 Å². The third kappa shape index (κ3) is 5.51. The Morgan fingerprint density at radius 1 is 1.03 bits per heavy atom. The minimum atomic E-state index is -1.40. The van der Waals surface area contributed by atoms with E-state index >= 15 is 0 Å². The Balaban J connectivity index is 1.51. The monoisotopic (exact) mass is 454 g/mol. The van der Waals surface area contributed by atoms with Crippen LogP contribution in [0.25, 0.3) is 11.1 Å². The van der Waals surface area contributed by atoms with E-state index in [0.29, 0.717) is 0 Å². The molecule has 0 saturated carbocycles. The zero-order valence-electron chi connectivity index (χ0n) is 19.0. The maximum absolute atomic E-state index is 12.5. The first-order valence-electron chi connectivity index (χ1n) is 10.9. The van der Waals surface area contributed by atoms with Crippen LogP contribution in [0.3, 0.4) is 0 Å². The maximum Gasteiger partial charge on any atom is 0.407 e. The van der Waals surface area contributed by atoms with Crippen molar-refractivity contribution in [3.05, 3.63) is 59.7 Å². The number of aliphatic hydroxyl groups excluding tert-OH is 1. The largest absolute Gasteiger partial charge is 0.480 e. The number of carboxylic acids is 1. The first-order chi connectivity index (χ1) is 15.6. The standard InChI is InChI=1S/C25H30N2O6/c1-15(28)21(22(29)30)27-23(31)25(2,3)12-13-26-24(32)33-14-20-18-10-6-4-8-16(18)17-9-5-7-11-19(17)20/h4-11,15,20-21,28H,12-14H2,1-3H3,(H,26,32)(H,27,31)(H,29,30)/t15-,21+/m1/s1. The molecule has 3 rings (SSSR count). The summed E-state index contributed by atoms with van der Waals surface area (Å²) in [6.07, 6.45) is -1.56. The van der Waals surface area contributed by atoms with Gasteiger partial charge in [0.2, 0.25) is 5.91 Å². The van der Waals surface area contributed by atoms with E-state index in [1.807, 2.05) is 36.4 Å². The lowest BCUT2D eigenvalue weighted by molar-refractivity contribution is -0.146. The van der Waals surface area contributed by atoms with E-state index in [0.717, 1.165) is 22.3 Å². The van der Waals surface area contributed by atoms with Crippen LogP contribution in [0.15, 0.2) is 48.5 Å². The van der Waals surface area contributed by atoms with Gasteiger partial charge in [-0.1, -0.05) is 62.4 Å². The van der Waals surface area contributed by atoms with Crippen molar-refractivity contribution in [2.45, 2.75) is 45.3 Å². The molecule has 0 radical (unpaired) electrons. The van der Waals surface area contributed by atoms with Gasteiger partial charge in [0, 0.05) is 17.9 Å². The van der Waals surface area contributed by atoms with Crippen LogP contribution in [-0.2, 0) is 14.3 Å². The molecular formula is C25H30N2O6. The number of hydrogen-bond acceptors (Lipinski definition) is 5. The van der Waals surface area contributed by atoms with E-state index in [2.05, 4.69) is 22.8 Å². The number of benzene rings is 2. The Labute approximate surface area is 193 Å². The third-order valence-corrected chi connectivity index (χ3v) is 6.01. The average molecular weight is 455 g/mol. The lowest BCUT2D eigenvalue weighted by Crippen LogP contribution is -2.52. The van der Waals surface area contributed by atoms with E-state index in [9.17, 15) is 19.5 Å². The normalized spacial score (nSPS) is 14.5. The quantitative estimate of drug-likeness (QED) is 0.462. The Kier molecular flexibility index (Phi) is 7.38. The van der Waals surface area contributed by atoms with E-state index in [1.54, 1.807) is 13.8 Å². The SMILES string of the molecule is C[C@@H](O)[C@H](NC(=O)C(C)(C)CCNC(=O)OCC1c2ccccc2-c2ccccc21)C(=O)O. The van der Waals surface area contributed by atoms with Crippen molar-refractivity contribution in [3.63, 3.8) is 0 Å². The van der Waals surface area contributed by atoms with Gasteiger partial charge in [-0.15, -0.1) is 0 Å². The number of alkyl carbamates (subject to hydrolysis) is 1. The number of ether oxygens (including phenoxy) is 1. The summed E-state index contributed by atoms with van der Waals surface area (Å²) < 4.78 is 5.48. The number of aliphatic carboxylic acids is 1. The fraction of sp³-hybridized carbons (Fsp3) is 0.400. The molecule has 8 heteroatoms. The Bertz CT molecular complexity index is 988. The number of amides is 2. The van der Waals surface area contributed by atoms with Crippen LogP contribution in [0.1, 0.15) is 44.2 Å². The molecule has 8 nitrogen and oxygen atoms in total. The molecule has 0 unspecified atom stereocenters. The van der Waals surface area contributed by atoms with Gasteiger partial charge in [0.1, 0.15) is 6.61 Å². The number of carboxylic acid groups (broad SMARTS) is 1. The fourth-order valence-electron chi connectivity index (χ4n) is 3.97. The van der Waals surface area contributed by atoms with Gasteiger partial charge in [-0.3, -0.25) is 4.79 Å².